The van der Waals surface area contributed by atoms with Gasteiger partial charge in [-0.3, -0.25) is 0 Å². The van der Waals surface area contributed by atoms with Gasteiger partial charge in [-0.25, -0.2) is 0 Å². The average molecular weight is 475 g/mol. The van der Waals surface area contributed by atoms with E-state index in [0.717, 1.165) is 38.0 Å². The predicted molar refractivity (Wildman–Crippen MR) is 143 cm³/mol. The second-order valence-electron chi connectivity index (χ2n) is 11.9. The normalized spacial score (nSPS) is 39.6. The zero-order valence-corrected chi connectivity index (χ0v) is 23.2. The molecule has 0 aromatic heterocycles. The van der Waals surface area contributed by atoms with Crippen LogP contribution >= 0.6 is 0 Å². The van der Waals surface area contributed by atoms with Crippen molar-refractivity contribution in [3.05, 3.63) is 24.3 Å². The quantitative estimate of drug-likeness (QED) is 0.266. The molecule has 0 unspecified atom stereocenters. The molecule has 34 heavy (non-hydrogen) atoms. The van der Waals surface area contributed by atoms with Gasteiger partial charge in [0.15, 0.2) is 0 Å². The minimum atomic E-state index is 0.118. The van der Waals surface area contributed by atoms with Gasteiger partial charge in [-0.15, -0.1) is 0 Å². The van der Waals surface area contributed by atoms with Gasteiger partial charge in [0.1, 0.15) is 0 Å². The van der Waals surface area contributed by atoms with Crippen LogP contribution in [-0.2, 0) is 14.2 Å². The van der Waals surface area contributed by atoms with E-state index in [2.05, 4.69) is 54.7 Å². The molecule has 3 saturated heterocycles. The van der Waals surface area contributed by atoms with Crippen molar-refractivity contribution in [2.45, 2.75) is 149 Å². The van der Waals surface area contributed by atoms with Crippen molar-refractivity contribution in [2.24, 2.45) is 23.7 Å². The third-order valence-corrected chi connectivity index (χ3v) is 9.29. The van der Waals surface area contributed by atoms with E-state index in [9.17, 15) is 0 Å². The molecule has 3 rings (SSSR count). The molecule has 0 N–H and O–H groups in total. The first-order valence-corrected chi connectivity index (χ1v) is 14.6. The van der Waals surface area contributed by atoms with Crippen LogP contribution < -0.4 is 0 Å². The van der Waals surface area contributed by atoms with E-state index in [1.165, 1.54) is 49.7 Å². The van der Waals surface area contributed by atoms with E-state index < -0.39 is 0 Å². The van der Waals surface area contributed by atoms with Crippen LogP contribution in [-0.4, -0.2) is 36.6 Å². The van der Waals surface area contributed by atoms with Crippen LogP contribution in [0.15, 0.2) is 24.3 Å². The topological polar surface area (TPSA) is 27.7 Å². The van der Waals surface area contributed by atoms with Crippen molar-refractivity contribution in [1.82, 2.24) is 0 Å². The molecule has 0 amide bonds. The first-order chi connectivity index (χ1) is 16.3. The van der Waals surface area contributed by atoms with Gasteiger partial charge < -0.3 is 14.2 Å². The molecule has 0 aromatic carbocycles. The van der Waals surface area contributed by atoms with E-state index in [-0.39, 0.29) is 18.3 Å². The molecule has 3 aliphatic rings. The first-order valence-electron chi connectivity index (χ1n) is 14.6. The summed E-state index contributed by atoms with van der Waals surface area (Å²) in [4.78, 5) is 0. The molecule has 3 fully saturated rings. The van der Waals surface area contributed by atoms with Gasteiger partial charge >= 0.3 is 0 Å². The van der Waals surface area contributed by atoms with Crippen LogP contribution in [0.4, 0.5) is 0 Å². The Bertz CT molecular complexity index is 657. The van der Waals surface area contributed by atoms with E-state index in [4.69, 9.17) is 14.2 Å². The van der Waals surface area contributed by atoms with Gasteiger partial charge in [-0.05, 0) is 73.3 Å². The van der Waals surface area contributed by atoms with Gasteiger partial charge in [0.05, 0.1) is 36.6 Å². The van der Waals surface area contributed by atoms with Crippen molar-refractivity contribution in [2.75, 3.05) is 0 Å². The molecule has 0 aliphatic carbocycles. The summed E-state index contributed by atoms with van der Waals surface area (Å²) in [6, 6.07) is 0. The average Bonchev–Trinajstić information content (AvgIpc) is 3.31. The lowest BCUT2D eigenvalue weighted by atomic mass is 9.80. The maximum absolute atomic E-state index is 6.72. The van der Waals surface area contributed by atoms with Crippen molar-refractivity contribution < 1.29 is 14.2 Å². The maximum Gasteiger partial charge on any atom is 0.0813 e. The number of rotatable bonds is 12. The summed E-state index contributed by atoms with van der Waals surface area (Å²) in [7, 11) is 0. The van der Waals surface area contributed by atoms with Crippen LogP contribution in [0.1, 0.15) is 112 Å². The largest absolute Gasteiger partial charge is 0.374 e. The molecule has 3 heterocycles. The number of hydrogen-bond donors (Lipinski definition) is 0. The van der Waals surface area contributed by atoms with Gasteiger partial charge in [-0.1, -0.05) is 80.4 Å². The highest BCUT2D eigenvalue weighted by atomic mass is 16.5. The lowest BCUT2D eigenvalue weighted by Gasteiger charge is -2.38. The predicted octanol–water partition coefficient (Wildman–Crippen LogP) is 8.28. The Morgan fingerprint density at radius 1 is 0.912 bits per heavy atom. The molecule has 0 saturated carbocycles. The second-order valence-corrected chi connectivity index (χ2v) is 11.9. The molecule has 3 aliphatic heterocycles. The fourth-order valence-corrected chi connectivity index (χ4v) is 6.62. The highest BCUT2D eigenvalue weighted by molar-refractivity contribution is 5.12. The first kappa shape index (κ1) is 27.9. The third kappa shape index (κ3) is 6.98. The maximum atomic E-state index is 6.72. The lowest BCUT2D eigenvalue weighted by Crippen LogP contribution is -2.37. The molecule has 3 nitrogen and oxygen atoms in total. The fourth-order valence-electron chi connectivity index (χ4n) is 6.62. The van der Waals surface area contributed by atoms with Crippen molar-refractivity contribution >= 4 is 0 Å². The second kappa shape index (κ2) is 13.1. The summed E-state index contributed by atoms with van der Waals surface area (Å²) < 4.78 is 19.8. The zero-order chi connectivity index (χ0) is 24.8. The van der Waals surface area contributed by atoms with Gasteiger partial charge in [0.25, 0.3) is 0 Å². The summed E-state index contributed by atoms with van der Waals surface area (Å²) in [6.07, 6.45) is 14.1. The lowest BCUT2D eigenvalue weighted by molar-refractivity contribution is -0.0745. The van der Waals surface area contributed by atoms with Crippen LogP contribution in [0.2, 0.25) is 0 Å². The van der Waals surface area contributed by atoms with Crippen LogP contribution in [0.5, 0.6) is 0 Å². The van der Waals surface area contributed by atoms with Crippen molar-refractivity contribution in [1.29, 1.82) is 0 Å². The van der Waals surface area contributed by atoms with Crippen LogP contribution in [0.25, 0.3) is 0 Å². The Hall–Kier alpha value is -0.640. The van der Waals surface area contributed by atoms with Gasteiger partial charge in [0, 0.05) is 6.42 Å². The summed E-state index contributed by atoms with van der Waals surface area (Å²) in [5, 5.41) is 0. The van der Waals surface area contributed by atoms with Crippen LogP contribution in [0.3, 0.4) is 0 Å². The van der Waals surface area contributed by atoms with Crippen LogP contribution in [0, 0.1) is 23.7 Å². The number of unbranched alkanes of at least 4 members (excludes halogenated alkanes) is 1. The minimum absolute atomic E-state index is 0.118. The smallest absolute Gasteiger partial charge is 0.0813 e. The standard InChI is InChI=1S/C31H54O3/c1-9-12-13-25-18-22(6)28(32-25)15-14-26-17-21(5)23(7)30(33-26)19-31-27(11-3)24(8)29(34-31)16-20(4)10-2/h20-21,24-31H,6-7,9-19H2,1-5,8H3/t20-,21-,24-,25+,26+,27-,28+,29-,30-,31+/m1/s1. The molecule has 0 aromatic rings. The van der Waals surface area contributed by atoms with Crippen molar-refractivity contribution in [3.8, 4) is 0 Å². The van der Waals surface area contributed by atoms with E-state index in [1.807, 2.05) is 0 Å². The van der Waals surface area contributed by atoms with E-state index >= 15 is 0 Å². The summed E-state index contributed by atoms with van der Waals surface area (Å²) in [5.41, 5.74) is 2.56. The molecular formula is C31H54O3. The van der Waals surface area contributed by atoms with Crippen molar-refractivity contribution in [3.63, 3.8) is 0 Å². The van der Waals surface area contributed by atoms with E-state index in [1.54, 1.807) is 0 Å². The molecule has 3 heteroatoms. The van der Waals surface area contributed by atoms with E-state index in [0.29, 0.717) is 36.1 Å². The molecule has 0 spiro atoms. The zero-order valence-electron chi connectivity index (χ0n) is 23.2. The van der Waals surface area contributed by atoms with Gasteiger partial charge in [-0.2, -0.15) is 0 Å². The summed E-state index contributed by atoms with van der Waals surface area (Å²) in [5.74, 6) is 2.48. The Balaban J connectivity index is 1.54. The third-order valence-electron chi connectivity index (χ3n) is 9.29. The fraction of sp³-hybridized carbons (Fsp3) is 0.871. The molecule has 196 valence electrons. The highest BCUT2D eigenvalue weighted by Crippen LogP contribution is 2.43. The molecule has 0 radical (unpaired) electrons. The minimum Gasteiger partial charge on any atom is -0.374 e. The SMILES string of the molecule is C=C1C[C@H](CCCC)O[C@H]1CC[C@H]1C[C@@H](C)C(=C)[C@@H](C[C@@H]2O[C@H](C[C@H](C)CC)[C@H](C)[C@H]2CC)O1. The highest BCUT2D eigenvalue weighted by Gasteiger charge is 2.43. The number of ether oxygens (including phenoxy) is 3. The molecular weight excluding hydrogens is 420 g/mol. The summed E-state index contributed by atoms with van der Waals surface area (Å²) >= 11 is 0. The molecule has 0 bridgehead atoms. The Kier molecular flexibility index (Phi) is 10.7. The number of hydrogen-bond acceptors (Lipinski definition) is 3. The Labute approximate surface area is 211 Å². The Morgan fingerprint density at radius 2 is 1.65 bits per heavy atom. The molecule has 10 atom stereocenters. The Morgan fingerprint density at radius 3 is 2.32 bits per heavy atom. The monoisotopic (exact) mass is 474 g/mol. The van der Waals surface area contributed by atoms with Gasteiger partial charge in [0.2, 0.25) is 0 Å². The summed E-state index contributed by atoms with van der Waals surface area (Å²) in [6.45, 7) is 22.8.